The molecule has 1 N–H and O–H groups in total. The van der Waals surface area contributed by atoms with Crippen molar-refractivity contribution in [3.63, 3.8) is 0 Å². The van der Waals surface area contributed by atoms with E-state index in [9.17, 15) is 18.0 Å². The van der Waals surface area contributed by atoms with Gasteiger partial charge in [0, 0.05) is 18.1 Å². The molecule has 0 heterocycles. The van der Waals surface area contributed by atoms with E-state index >= 15 is 0 Å². The predicted octanol–water partition coefficient (Wildman–Crippen LogP) is 5.40. The van der Waals surface area contributed by atoms with Gasteiger partial charge in [-0.25, -0.2) is 8.42 Å². The lowest BCUT2D eigenvalue weighted by atomic mass is 10.1. The zero-order valence-corrected chi connectivity index (χ0v) is 24.6. The van der Waals surface area contributed by atoms with Crippen molar-refractivity contribution in [2.75, 3.05) is 17.4 Å². The Morgan fingerprint density at radius 1 is 0.949 bits per heavy atom. The Morgan fingerprint density at radius 3 is 2.26 bits per heavy atom. The molecule has 9 heteroatoms. The standard InChI is InChI=1S/C30H36ClN3O4S/c1-6-16-32-30(36)24(5)33(19-25-8-7-9-26(31)18-25)29(35)20-34(28-17-22(3)10-13-23(28)4)39(37,38)27-14-11-21(2)12-15-27/h7-15,17-18,24H,6,16,19-20H2,1-5H3,(H,32,36)/t24-/m1/s1. The van der Waals surface area contributed by atoms with Crippen molar-refractivity contribution in [2.24, 2.45) is 0 Å². The molecule has 0 bridgehead atoms. The van der Waals surface area contributed by atoms with Gasteiger partial charge < -0.3 is 10.2 Å². The van der Waals surface area contributed by atoms with Crippen molar-refractivity contribution in [1.82, 2.24) is 10.2 Å². The summed E-state index contributed by atoms with van der Waals surface area (Å²) in [5.74, 6) is -0.822. The summed E-state index contributed by atoms with van der Waals surface area (Å²) in [6.45, 7) is 9.22. The van der Waals surface area contributed by atoms with E-state index in [1.807, 2.05) is 45.9 Å². The van der Waals surface area contributed by atoms with Crippen LogP contribution in [0.15, 0.2) is 71.6 Å². The summed E-state index contributed by atoms with van der Waals surface area (Å²) in [5.41, 5.74) is 3.62. The summed E-state index contributed by atoms with van der Waals surface area (Å²) in [4.78, 5) is 28.4. The van der Waals surface area contributed by atoms with E-state index in [0.29, 0.717) is 22.8 Å². The van der Waals surface area contributed by atoms with E-state index in [1.165, 1.54) is 17.0 Å². The number of aryl methyl sites for hydroxylation is 3. The summed E-state index contributed by atoms with van der Waals surface area (Å²) in [6.07, 6.45) is 0.746. The molecule has 7 nitrogen and oxygen atoms in total. The maximum absolute atomic E-state index is 14.0. The molecule has 0 radical (unpaired) electrons. The topological polar surface area (TPSA) is 86.8 Å². The van der Waals surface area contributed by atoms with Gasteiger partial charge in [-0.2, -0.15) is 0 Å². The molecule has 0 saturated carbocycles. The second-order valence-corrected chi connectivity index (χ2v) is 12.0. The van der Waals surface area contributed by atoms with Crippen LogP contribution in [0.2, 0.25) is 5.02 Å². The molecule has 1 atom stereocenters. The number of hydrogen-bond acceptors (Lipinski definition) is 4. The monoisotopic (exact) mass is 569 g/mol. The number of nitrogens with one attached hydrogen (secondary N) is 1. The third-order valence-corrected chi connectivity index (χ3v) is 8.49. The molecule has 208 valence electrons. The minimum Gasteiger partial charge on any atom is -0.354 e. The largest absolute Gasteiger partial charge is 0.354 e. The number of halogens is 1. The molecule has 2 amide bonds. The number of sulfonamides is 1. The first-order chi connectivity index (χ1) is 18.4. The molecule has 0 spiro atoms. The lowest BCUT2D eigenvalue weighted by Gasteiger charge is -2.32. The SMILES string of the molecule is CCCNC(=O)[C@@H](C)N(Cc1cccc(Cl)c1)C(=O)CN(c1cc(C)ccc1C)S(=O)(=O)c1ccc(C)cc1. The maximum Gasteiger partial charge on any atom is 0.264 e. The average molecular weight is 570 g/mol. The maximum atomic E-state index is 14.0. The lowest BCUT2D eigenvalue weighted by Crippen LogP contribution is -2.51. The van der Waals surface area contributed by atoms with Crippen LogP contribution in [0.25, 0.3) is 0 Å². The molecule has 0 aliphatic rings. The second-order valence-electron chi connectivity index (χ2n) is 9.73. The highest BCUT2D eigenvalue weighted by Gasteiger charge is 2.33. The van der Waals surface area contributed by atoms with Gasteiger partial charge in [-0.15, -0.1) is 0 Å². The van der Waals surface area contributed by atoms with Crippen molar-refractivity contribution in [1.29, 1.82) is 0 Å². The van der Waals surface area contributed by atoms with Crippen molar-refractivity contribution in [2.45, 2.75) is 58.5 Å². The van der Waals surface area contributed by atoms with Crippen LogP contribution in [-0.2, 0) is 26.2 Å². The summed E-state index contributed by atoms with van der Waals surface area (Å²) in [6, 6.07) is 18.2. The average Bonchev–Trinajstić information content (AvgIpc) is 2.90. The van der Waals surface area contributed by atoms with E-state index in [1.54, 1.807) is 43.3 Å². The van der Waals surface area contributed by atoms with Gasteiger partial charge in [-0.05, 0) is 81.1 Å². The van der Waals surface area contributed by atoms with Crippen LogP contribution in [0.1, 0.15) is 42.5 Å². The summed E-state index contributed by atoms with van der Waals surface area (Å²) >= 11 is 6.18. The molecule has 0 aliphatic heterocycles. The number of amides is 2. The number of benzene rings is 3. The van der Waals surface area contributed by atoms with Gasteiger partial charge in [-0.3, -0.25) is 13.9 Å². The Labute approximate surface area is 236 Å². The summed E-state index contributed by atoms with van der Waals surface area (Å²) < 4.78 is 29.1. The van der Waals surface area contributed by atoms with E-state index < -0.39 is 28.5 Å². The van der Waals surface area contributed by atoms with Crippen molar-refractivity contribution >= 4 is 39.1 Å². The van der Waals surface area contributed by atoms with E-state index in [-0.39, 0.29) is 17.3 Å². The van der Waals surface area contributed by atoms with E-state index in [0.717, 1.165) is 27.4 Å². The summed E-state index contributed by atoms with van der Waals surface area (Å²) in [7, 11) is -4.11. The number of carbonyl (C=O) groups is 2. The molecule has 0 aromatic heterocycles. The third-order valence-electron chi connectivity index (χ3n) is 6.48. The molecule has 39 heavy (non-hydrogen) atoms. The van der Waals surface area contributed by atoms with Crippen LogP contribution in [0, 0.1) is 20.8 Å². The van der Waals surface area contributed by atoms with Crippen molar-refractivity contribution < 1.29 is 18.0 Å². The van der Waals surface area contributed by atoms with Gasteiger partial charge in [0.2, 0.25) is 11.8 Å². The molecule has 3 aromatic rings. The first-order valence-electron chi connectivity index (χ1n) is 12.9. The zero-order chi connectivity index (χ0) is 28.7. The third kappa shape index (κ3) is 7.61. The highest BCUT2D eigenvalue weighted by atomic mass is 35.5. The minimum atomic E-state index is -4.11. The van der Waals surface area contributed by atoms with Gasteiger partial charge in [0.15, 0.2) is 0 Å². The first-order valence-corrected chi connectivity index (χ1v) is 14.7. The molecule has 3 rings (SSSR count). The van der Waals surface area contributed by atoms with E-state index in [4.69, 9.17) is 11.6 Å². The molecule has 3 aromatic carbocycles. The Bertz CT molecular complexity index is 1420. The molecular formula is C30H36ClN3O4S. The fraction of sp³-hybridized carbons (Fsp3) is 0.333. The van der Waals surface area contributed by atoms with Crippen molar-refractivity contribution in [3.8, 4) is 0 Å². The minimum absolute atomic E-state index is 0.0805. The highest BCUT2D eigenvalue weighted by molar-refractivity contribution is 7.92. The number of anilines is 1. The first kappa shape index (κ1) is 30.2. The summed E-state index contributed by atoms with van der Waals surface area (Å²) in [5, 5.41) is 3.34. The Balaban J connectivity index is 2.06. The number of rotatable bonds is 11. The highest BCUT2D eigenvalue weighted by Crippen LogP contribution is 2.29. The number of hydrogen-bond donors (Lipinski definition) is 1. The molecule has 0 fully saturated rings. The van der Waals surface area contributed by atoms with E-state index in [2.05, 4.69) is 5.32 Å². The van der Waals surface area contributed by atoms with Crippen molar-refractivity contribution in [3.05, 3.63) is 94.0 Å². The Morgan fingerprint density at radius 2 is 1.62 bits per heavy atom. The van der Waals surface area contributed by atoms with Gasteiger partial charge >= 0.3 is 0 Å². The zero-order valence-electron chi connectivity index (χ0n) is 23.1. The molecule has 0 aliphatic carbocycles. The van der Waals surface area contributed by atoms with Crippen LogP contribution in [0.3, 0.4) is 0 Å². The molecule has 0 saturated heterocycles. The fourth-order valence-corrected chi connectivity index (χ4v) is 5.83. The van der Waals surface area contributed by atoms with Gasteiger partial charge in [-0.1, -0.05) is 60.5 Å². The smallest absolute Gasteiger partial charge is 0.264 e. The molecular weight excluding hydrogens is 534 g/mol. The van der Waals surface area contributed by atoms with Crippen LogP contribution < -0.4 is 9.62 Å². The van der Waals surface area contributed by atoms with Crippen LogP contribution in [0.5, 0.6) is 0 Å². The fourth-order valence-electron chi connectivity index (χ4n) is 4.15. The van der Waals surface area contributed by atoms with Gasteiger partial charge in [0.1, 0.15) is 12.6 Å². The Hall–Kier alpha value is -3.36. The van der Waals surface area contributed by atoms with Gasteiger partial charge in [0.05, 0.1) is 10.6 Å². The number of carbonyl (C=O) groups excluding carboxylic acids is 2. The molecule has 0 unspecified atom stereocenters. The van der Waals surface area contributed by atoms with Crippen LogP contribution in [-0.4, -0.2) is 44.3 Å². The quantitative estimate of drug-likeness (QED) is 0.335. The normalized spacial score (nSPS) is 12.1. The van der Waals surface area contributed by atoms with Crippen LogP contribution in [0.4, 0.5) is 5.69 Å². The van der Waals surface area contributed by atoms with Crippen LogP contribution >= 0.6 is 11.6 Å². The Kier molecular flexibility index (Phi) is 10.2. The second kappa shape index (κ2) is 13.1. The van der Waals surface area contributed by atoms with Gasteiger partial charge in [0.25, 0.3) is 10.0 Å². The number of nitrogens with zero attached hydrogens (tertiary/aromatic N) is 2. The lowest BCUT2D eigenvalue weighted by molar-refractivity contribution is -0.139. The predicted molar refractivity (Wildman–Crippen MR) is 156 cm³/mol.